The molecule has 8 heteroatoms. The summed E-state index contributed by atoms with van der Waals surface area (Å²) in [5.74, 6) is 0.0762. The van der Waals surface area contributed by atoms with Crippen LogP contribution in [0.2, 0.25) is 0 Å². The highest BCUT2D eigenvalue weighted by Gasteiger charge is 2.21. The molecule has 4 rings (SSSR count). The number of aromatic nitrogens is 3. The highest BCUT2D eigenvalue weighted by atomic mass is 79.9. The van der Waals surface area contributed by atoms with E-state index in [2.05, 4.69) is 36.9 Å². The van der Waals surface area contributed by atoms with Gasteiger partial charge in [-0.2, -0.15) is 0 Å². The summed E-state index contributed by atoms with van der Waals surface area (Å²) in [6, 6.07) is 9.44. The Labute approximate surface area is 177 Å². The van der Waals surface area contributed by atoms with Crippen molar-refractivity contribution in [2.75, 3.05) is 26.2 Å². The molecule has 0 spiro atoms. The summed E-state index contributed by atoms with van der Waals surface area (Å²) in [5, 5.41) is 0.554. The molecule has 2 aromatic heterocycles. The van der Waals surface area contributed by atoms with Crippen LogP contribution in [-0.4, -0.2) is 56.4 Å². The van der Waals surface area contributed by atoms with E-state index in [4.69, 9.17) is 0 Å². The Balaban J connectivity index is 1.32. The van der Waals surface area contributed by atoms with Crippen molar-refractivity contribution in [3.05, 3.63) is 69.4 Å². The molecule has 0 radical (unpaired) electrons. The van der Waals surface area contributed by atoms with Crippen LogP contribution in [0.25, 0.3) is 10.9 Å². The number of hydrogen-bond donors (Lipinski definition) is 0. The van der Waals surface area contributed by atoms with Crippen molar-refractivity contribution in [1.29, 1.82) is 0 Å². The number of aryl methyl sites for hydroxylation is 1. The fourth-order valence-electron chi connectivity index (χ4n) is 3.57. The van der Waals surface area contributed by atoms with Crippen LogP contribution in [0.1, 0.15) is 12.0 Å². The van der Waals surface area contributed by atoms with Crippen LogP contribution in [0.3, 0.4) is 0 Å². The lowest BCUT2D eigenvalue weighted by atomic mass is 10.2. The maximum Gasteiger partial charge on any atom is 0.261 e. The summed E-state index contributed by atoms with van der Waals surface area (Å²) in [6.07, 6.45) is 5.47. The molecule has 1 saturated heterocycles. The van der Waals surface area contributed by atoms with E-state index in [9.17, 15) is 9.59 Å². The minimum absolute atomic E-state index is 0.0762. The molecule has 150 valence electrons. The third kappa shape index (κ3) is 4.71. The van der Waals surface area contributed by atoms with Crippen molar-refractivity contribution in [2.24, 2.45) is 0 Å². The third-order valence-corrected chi connectivity index (χ3v) is 5.70. The second-order valence-electron chi connectivity index (χ2n) is 7.17. The van der Waals surface area contributed by atoms with Gasteiger partial charge in [0.1, 0.15) is 0 Å². The van der Waals surface area contributed by atoms with Gasteiger partial charge in [-0.1, -0.05) is 22.0 Å². The van der Waals surface area contributed by atoms with Gasteiger partial charge < -0.3 is 4.90 Å². The fourth-order valence-corrected chi connectivity index (χ4v) is 3.93. The Kier molecular flexibility index (Phi) is 6.01. The van der Waals surface area contributed by atoms with Crippen LogP contribution in [0.5, 0.6) is 0 Å². The monoisotopic (exact) mass is 455 g/mol. The van der Waals surface area contributed by atoms with E-state index in [1.54, 1.807) is 18.3 Å². The molecular weight excluding hydrogens is 434 g/mol. The normalized spacial score (nSPS) is 15.0. The van der Waals surface area contributed by atoms with Gasteiger partial charge in [-0.05, 0) is 29.8 Å². The molecule has 1 aliphatic heterocycles. The van der Waals surface area contributed by atoms with Crippen molar-refractivity contribution >= 4 is 32.7 Å². The molecular formula is C21H22BrN5O2. The lowest BCUT2D eigenvalue weighted by Crippen LogP contribution is -2.48. The molecule has 0 bridgehead atoms. The van der Waals surface area contributed by atoms with E-state index in [-0.39, 0.29) is 11.5 Å². The van der Waals surface area contributed by atoms with Crippen LogP contribution >= 0.6 is 15.9 Å². The third-order valence-electron chi connectivity index (χ3n) is 5.21. The molecule has 1 fully saturated rings. The molecule has 0 aliphatic carbocycles. The predicted octanol–water partition coefficient (Wildman–Crippen LogP) is 2.29. The molecule has 29 heavy (non-hydrogen) atoms. The first kappa shape index (κ1) is 19.7. The summed E-state index contributed by atoms with van der Waals surface area (Å²) >= 11 is 3.39. The van der Waals surface area contributed by atoms with Crippen LogP contribution in [-0.2, 0) is 17.9 Å². The number of pyridine rings is 1. The minimum Gasteiger partial charge on any atom is -0.340 e. The lowest BCUT2D eigenvalue weighted by molar-refractivity contribution is -0.133. The number of rotatable bonds is 5. The molecule has 0 N–H and O–H groups in total. The van der Waals surface area contributed by atoms with E-state index in [1.165, 1.54) is 16.5 Å². The first-order valence-electron chi connectivity index (χ1n) is 9.64. The second-order valence-corrected chi connectivity index (χ2v) is 8.09. The van der Waals surface area contributed by atoms with E-state index in [1.807, 2.05) is 23.2 Å². The zero-order valence-electron chi connectivity index (χ0n) is 16.0. The highest BCUT2D eigenvalue weighted by Crippen LogP contribution is 2.15. The molecule has 1 amide bonds. The van der Waals surface area contributed by atoms with E-state index in [0.29, 0.717) is 37.0 Å². The molecule has 0 atom stereocenters. The molecule has 3 aromatic rings. The molecule has 1 aliphatic rings. The molecule has 0 saturated carbocycles. The molecule has 3 heterocycles. The molecule has 0 unspecified atom stereocenters. The first-order valence-corrected chi connectivity index (χ1v) is 10.4. The van der Waals surface area contributed by atoms with E-state index in [0.717, 1.165) is 24.1 Å². The number of carbonyl (C=O) groups is 1. The van der Waals surface area contributed by atoms with Gasteiger partial charge in [0, 0.05) is 62.6 Å². The van der Waals surface area contributed by atoms with Crippen molar-refractivity contribution in [1.82, 2.24) is 24.3 Å². The van der Waals surface area contributed by atoms with Crippen molar-refractivity contribution in [2.45, 2.75) is 19.5 Å². The highest BCUT2D eigenvalue weighted by molar-refractivity contribution is 9.10. The van der Waals surface area contributed by atoms with Crippen molar-refractivity contribution < 1.29 is 4.79 Å². The smallest absolute Gasteiger partial charge is 0.261 e. The second kappa shape index (κ2) is 8.84. The first-order chi connectivity index (χ1) is 14.1. The Bertz CT molecular complexity index is 1060. The standard InChI is InChI=1S/C21H22BrN5O2/c22-17-3-4-19-18(12-17)21(29)27(15-24-19)7-5-20(28)26-10-8-25(9-11-26)14-16-2-1-6-23-13-16/h1-4,6,12-13,15H,5,7-11,14H2. The van der Waals surface area contributed by atoms with Gasteiger partial charge in [-0.25, -0.2) is 4.98 Å². The maximum absolute atomic E-state index is 12.7. The summed E-state index contributed by atoms with van der Waals surface area (Å²) in [7, 11) is 0. The van der Waals surface area contributed by atoms with Crippen LogP contribution < -0.4 is 5.56 Å². The van der Waals surface area contributed by atoms with Gasteiger partial charge in [0.05, 0.1) is 17.2 Å². The number of benzene rings is 1. The Morgan fingerprint density at radius 1 is 1.14 bits per heavy atom. The number of hydrogen-bond acceptors (Lipinski definition) is 5. The van der Waals surface area contributed by atoms with E-state index < -0.39 is 0 Å². The summed E-state index contributed by atoms with van der Waals surface area (Å²) < 4.78 is 2.35. The van der Waals surface area contributed by atoms with Gasteiger partial charge in [-0.15, -0.1) is 0 Å². The zero-order chi connectivity index (χ0) is 20.2. The average molecular weight is 456 g/mol. The number of nitrogens with zero attached hydrogens (tertiary/aromatic N) is 5. The lowest BCUT2D eigenvalue weighted by Gasteiger charge is -2.34. The Hall–Kier alpha value is -2.58. The predicted molar refractivity (Wildman–Crippen MR) is 114 cm³/mol. The quantitative estimate of drug-likeness (QED) is 0.590. The van der Waals surface area contributed by atoms with Crippen molar-refractivity contribution in [3.8, 4) is 0 Å². The van der Waals surface area contributed by atoms with Gasteiger partial charge >= 0.3 is 0 Å². The molecule has 1 aromatic carbocycles. The van der Waals surface area contributed by atoms with Gasteiger partial charge in [0.2, 0.25) is 5.91 Å². The van der Waals surface area contributed by atoms with Gasteiger partial charge in [0.15, 0.2) is 0 Å². The molecule has 7 nitrogen and oxygen atoms in total. The number of amides is 1. The van der Waals surface area contributed by atoms with Crippen LogP contribution in [0.15, 0.2) is 58.3 Å². The largest absolute Gasteiger partial charge is 0.340 e. The average Bonchev–Trinajstić information content (AvgIpc) is 2.75. The zero-order valence-corrected chi connectivity index (χ0v) is 17.6. The fraction of sp³-hybridized carbons (Fsp3) is 0.333. The van der Waals surface area contributed by atoms with Gasteiger partial charge in [-0.3, -0.25) is 24.0 Å². The van der Waals surface area contributed by atoms with Crippen LogP contribution in [0, 0.1) is 0 Å². The van der Waals surface area contributed by atoms with Crippen LogP contribution in [0.4, 0.5) is 0 Å². The number of halogens is 1. The van der Waals surface area contributed by atoms with Gasteiger partial charge in [0.25, 0.3) is 5.56 Å². The van der Waals surface area contributed by atoms with E-state index >= 15 is 0 Å². The number of piperazine rings is 1. The maximum atomic E-state index is 12.7. The summed E-state index contributed by atoms with van der Waals surface area (Å²) in [6.45, 7) is 4.28. The Morgan fingerprint density at radius 2 is 1.97 bits per heavy atom. The van der Waals surface area contributed by atoms with Crippen molar-refractivity contribution in [3.63, 3.8) is 0 Å². The number of fused-ring (bicyclic) bond motifs is 1. The number of carbonyl (C=O) groups excluding carboxylic acids is 1. The minimum atomic E-state index is -0.120. The summed E-state index contributed by atoms with van der Waals surface area (Å²) in [4.78, 5) is 38.0. The summed E-state index contributed by atoms with van der Waals surface area (Å²) in [5.41, 5.74) is 1.72. The topological polar surface area (TPSA) is 71.3 Å². The Morgan fingerprint density at radius 3 is 2.72 bits per heavy atom. The SMILES string of the molecule is O=C(CCn1cnc2ccc(Br)cc2c1=O)N1CCN(Cc2cccnc2)CC1.